The normalized spacial score (nSPS) is 19.5. The summed E-state index contributed by atoms with van der Waals surface area (Å²) < 4.78 is 23.2. The molecule has 1 amide bonds. The van der Waals surface area contributed by atoms with Crippen molar-refractivity contribution in [2.24, 2.45) is 0 Å². The van der Waals surface area contributed by atoms with Crippen LogP contribution in [-0.2, 0) is 14.6 Å². The predicted molar refractivity (Wildman–Crippen MR) is 113 cm³/mol. The Hall–Kier alpha value is -1.97. The zero-order valence-electron chi connectivity index (χ0n) is 15.2. The maximum absolute atomic E-state index is 12.6. The molecule has 1 aromatic carbocycles. The standard InChI is InChI=1S/C19H19N3O3S3/c1-12(18(23)20-13-8-10-28(24,25)11-13)27-19-14-5-2-3-6-15(14)21-17(22-19)16-7-4-9-26-16/h2-7,9,12-13H,8,10-11H2,1H3,(H,20,23)/t12-,13+/m0/s1. The summed E-state index contributed by atoms with van der Waals surface area (Å²) in [5, 5.41) is 6.08. The first kappa shape index (κ1) is 19.4. The molecule has 0 unspecified atom stereocenters. The van der Waals surface area contributed by atoms with Crippen LogP contribution in [0.15, 0.2) is 46.8 Å². The average Bonchev–Trinajstić information content (AvgIpc) is 3.31. The number of para-hydroxylation sites is 1. The number of sulfone groups is 1. The lowest BCUT2D eigenvalue weighted by molar-refractivity contribution is -0.120. The van der Waals surface area contributed by atoms with Crippen LogP contribution < -0.4 is 5.32 Å². The molecule has 1 N–H and O–H groups in total. The summed E-state index contributed by atoms with van der Waals surface area (Å²) in [5.74, 6) is 0.633. The molecule has 4 rings (SSSR count). The summed E-state index contributed by atoms with van der Waals surface area (Å²) in [6.45, 7) is 1.81. The van der Waals surface area contributed by atoms with Gasteiger partial charge >= 0.3 is 0 Å². The largest absolute Gasteiger partial charge is 0.351 e. The van der Waals surface area contributed by atoms with Crippen molar-refractivity contribution in [3.05, 3.63) is 41.8 Å². The average molecular weight is 434 g/mol. The fourth-order valence-corrected chi connectivity index (χ4v) is 6.38. The van der Waals surface area contributed by atoms with E-state index in [0.717, 1.165) is 20.8 Å². The van der Waals surface area contributed by atoms with Gasteiger partial charge in [-0.05, 0) is 30.9 Å². The third-order valence-corrected chi connectivity index (χ3v) is 8.28. The summed E-state index contributed by atoms with van der Waals surface area (Å²) in [7, 11) is -3.03. The van der Waals surface area contributed by atoms with Crippen LogP contribution in [0, 0.1) is 0 Å². The first-order chi connectivity index (χ1) is 13.4. The van der Waals surface area contributed by atoms with E-state index in [4.69, 9.17) is 4.98 Å². The molecule has 3 heterocycles. The number of thioether (sulfide) groups is 1. The first-order valence-corrected chi connectivity index (χ1v) is 12.5. The Bertz CT molecular complexity index is 1110. The fourth-order valence-electron chi connectivity index (χ4n) is 3.10. The summed E-state index contributed by atoms with van der Waals surface area (Å²) in [6.07, 6.45) is 0.477. The van der Waals surface area contributed by atoms with Crippen LogP contribution in [0.25, 0.3) is 21.6 Å². The van der Waals surface area contributed by atoms with E-state index in [9.17, 15) is 13.2 Å². The minimum atomic E-state index is -3.03. The van der Waals surface area contributed by atoms with Gasteiger partial charge in [0.05, 0.1) is 27.1 Å². The Balaban J connectivity index is 1.57. The molecule has 0 spiro atoms. The Kier molecular flexibility index (Phi) is 5.39. The Morgan fingerprint density at radius 2 is 2.07 bits per heavy atom. The van der Waals surface area contributed by atoms with Crippen LogP contribution >= 0.6 is 23.1 Å². The molecule has 2 atom stereocenters. The second-order valence-electron chi connectivity index (χ2n) is 6.72. The predicted octanol–water partition coefficient (Wildman–Crippen LogP) is 3.14. The van der Waals surface area contributed by atoms with E-state index in [2.05, 4.69) is 10.3 Å². The number of thiophene rings is 1. The molecule has 9 heteroatoms. The van der Waals surface area contributed by atoms with E-state index in [1.807, 2.05) is 48.7 Å². The number of benzene rings is 1. The van der Waals surface area contributed by atoms with E-state index in [-0.39, 0.29) is 23.5 Å². The van der Waals surface area contributed by atoms with E-state index in [1.54, 1.807) is 11.3 Å². The molecule has 1 aliphatic heterocycles. The van der Waals surface area contributed by atoms with Gasteiger partial charge in [-0.25, -0.2) is 18.4 Å². The Morgan fingerprint density at radius 1 is 1.25 bits per heavy atom. The zero-order chi connectivity index (χ0) is 19.7. The minimum absolute atomic E-state index is 0.0229. The lowest BCUT2D eigenvalue weighted by Gasteiger charge is -2.16. The van der Waals surface area contributed by atoms with E-state index in [1.165, 1.54) is 11.8 Å². The van der Waals surface area contributed by atoms with Gasteiger partial charge in [-0.2, -0.15) is 0 Å². The SMILES string of the molecule is C[C@H](Sc1nc(-c2cccs2)nc2ccccc12)C(=O)N[C@@H]1CCS(=O)(=O)C1. The van der Waals surface area contributed by atoms with Gasteiger partial charge in [-0.15, -0.1) is 11.3 Å². The highest BCUT2D eigenvalue weighted by atomic mass is 32.2. The second-order valence-corrected chi connectivity index (χ2v) is 11.2. The topological polar surface area (TPSA) is 89.0 Å². The molecular weight excluding hydrogens is 414 g/mol. The van der Waals surface area contributed by atoms with Gasteiger partial charge < -0.3 is 5.32 Å². The summed E-state index contributed by atoms with van der Waals surface area (Å²) >= 11 is 2.94. The highest BCUT2D eigenvalue weighted by molar-refractivity contribution is 8.00. The summed E-state index contributed by atoms with van der Waals surface area (Å²) in [6, 6.07) is 11.4. The second kappa shape index (κ2) is 7.81. The molecule has 146 valence electrons. The Labute approximate surface area is 171 Å². The smallest absolute Gasteiger partial charge is 0.233 e. The number of nitrogens with one attached hydrogen (secondary N) is 1. The lowest BCUT2D eigenvalue weighted by Crippen LogP contribution is -2.39. The number of hydrogen-bond acceptors (Lipinski definition) is 7. The Morgan fingerprint density at radius 3 is 2.79 bits per heavy atom. The van der Waals surface area contributed by atoms with Crippen LogP contribution in [0.5, 0.6) is 0 Å². The highest BCUT2D eigenvalue weighted by Gasteiger charge is 2.30. The quantitative estimate of drug-likeness (QED) is 0.491. The van der Waals surface area contributed by atoms with Crippen molar-refractivity contribution >= 4 is 49.7 Å². The number of aromatic nitrogens is 2. The van der Waals surface area contributed by atoms with Crippen LogP contribution in [0.4, 0.5) is 0 Å². The van der Waals surface area contributed by atoms with E-state index < -0.39 is 15.1 Å². The van der Waals surface area contributed by atoms with Gasteiger partial charge in [0.15, 0.2) is 15.7 Å². The van der Waals surface area contributed by atoms with Gasteiger partial charge in [0.1, 0.15) is 5.03 Å². The third kappa shape index (κ3) is 4.21. The zero-order valence-corrected chi connectivity index (χ0v) is 17.6. The molecule has 0 radical (unpaired) electrons. The minimum Gasteiger partial charge on any atom is -0.351 e. The first-order valence-electron chi connectivity index (χ1n) is 8.89. The van der Waals surface area contributed by atoms with Crippen molar-refractivity contribution in [2.45, 2.75) is 29.7 Å². The van der Waals surface area contributed by atoms with E-state index >= 15 is 0 Å². The molecule has 0 bridgehead atoms. The van der Waals surface area contributed by atoms with Gasteiger partial charge in [-0.1, -0.05) is 36.0 Å². The number of fused-ring (bicyclic) bond motifs is 1. The maximum Gasteiger partial charge on any atom is 0.233 e. The van der Waals surface area contributed by atoms with Crippen LogP contribution in [0.2, 0.25) is 0 Å². The molecule has 0 saturated carbocycles. The van der Waals surface area contributed by atoms with Crippen molar-refractivity contribution in [2.75, 3.05) is 11.5 Å². The molecular formula is C19H19N3O3S3. The van der Waals surface area contributed by atoms with Gasteiger partial charge in [0, 0.05) is 11.4 Å². The third-order valence-electron chi connectivity index (χ3n) is 4.55. The van der Waals surface area contributed by atoms with E-state index in [0.29, 0.717) is 12.2 Å². The van der Waals surface area contributed by atoms with Crippen LogP contribution in [0.1, 0.15) is 13.3 Å². The van der Waals surface area contributed by atoms with Crippen LogP contribution in [-0.4, -0.2) is 47.1 Å². The van der Waals surface area contributed by atoms with Gasteiger partial charge in [-0.3, -0.25) is 4.79 Å². The molecule has 0 aliphatic carbocycles. The molecule has 2 aromatic heterocycles. The molecule has 1 saturated heterocycles. The molecule has 3 aromatic rings. The van der Waals surface area contributed by atoms with Crippen molar-refractivity contribution in [3.8, 4) is 10.7 Å². The van der Waals surface area contributed by atoms with Gasteiger partial charge in [0.2, 0.25) is 5.91 Å². The van der Waals surface area contributed by atoms with Crippen molar-refractivity contribution in [1.82, 2.24) is 15.3 Å². The summed E-state index contributed by atoms with van der Waals surface area (Å²) in [4.78, 5) is 22.9. The van der Waals surface area contributed by atoms with Crippen molar-refractivity contribution < 1.29 is 13.2 Å². The summed E-state index contributed by atoms with van der Waals surface area (Å²) in [5.41, 5.74) is 0.831. The van der Waals surface area contributed by atoms with Gasteiger partial charge in [0.25, 0.3) is 0 Å². The molecule has 28 heavy (non-hydrogen) atoms. The molecule has 1 aliphatic rings. The molecule has 1 fully saturated rings. The lowest BCUT2D eigenvalue weighted by atomic mass is 10.2. The van der Waals surface area contributed by atoms with Crippen LogP contribution in [0.3, 0.4) is 0 Å². The number of rotatable bonds is 5. The highest BCUT2D eigenvalue weighted by Crippen LogP contribution is 2.32. The maximum atomic E-state index is 12.6. The number of nitrogens with zero attached hydrogens (tertiary/aromatic N) is 2. The number of hydrogen-bond donors (Lipinski definition) is 1. The number of carbonyl (C=O) groups excluding carboxylic acids is 1. The number of amides is 1. The van der Waals surface area contributed by atoms with Crippen molar-refractivity contribution in [3.63, 3.8) is 0 Å². The molecule has 6 nitrogen and oxygen atoms in total. The number of carbonyl (C=O) groups is 1. The fraction of sp³-hybridized carbons (Fsp3) is 0.316. The van der Waals surface area contributed by atoms with Crippen molar-refractivity contribution in [1.29, 1.82) is 0 Å². The monoisotopic (exact) mass is 433 g/mol.